The molecule has 0 aliphatic heterocycles. The van der Waals surface area contributed by atoms with E-state index in [2.05, 4.69) is 10.2 Å². The van der Waals surface area contributed by atoms with E-state index in [0.717, 1.165) is 19.4 Å². The van der Waals surface area contributed by atoms with E-state index in [4.69, 9.17) is 10.2 Å². The molecule has 0 bridgehead atoms. The fourth-order valence-electron chi connectivity index (χ4n) is 1.61. The summed E-state index contributed by atoms with van der Waals surface area (Å²) >= 11 is 1.27. The molecule has 17 heavy (non-hydrogen) atoms. The Hall–Kier alpha value is -1.08. The Labute approximate surface area is 104 Å². The molecule has 0 unspecified atom stereocenters. The number of rotatable bonds is 6. The molecule has 0 spiro atoms. The van der Waals surface area contributed by atoms with E-state index < -0.39 is 0 Å². The van der Waals surface area contributed by atoms with Crippen LogP contribution in [-0.2, 0) is 11.3 Å². The third-order valence-corrected chi connectivity index (χ3v) is 3.39. The third kappa shape index (κ3) is 3.19. The molecule has 1 saturated carbocycles. The molecule has 0 atom stereocenters. The Morgan fingerprint density at radius 2 is 2.35 bits per heavy atom. The fourth-order valence-corrected chi connectivity index (χ4v) is 2.28. The van der Waals surface area contributed by atoms with Crippen molar-refractivity contribution >= 4 is 17.7 Å². The number of nitrogens with zero attached hydrogens (tertiary/aromatic N) is 3. The summed E-state index contributed by atoms with van der Waals surface area (Å²) in [6.45, 7) is 2.99. The van der Waals surface area contributed by atoms with Gasteiger partial charge >= 0.3 is 0 Å². The lowest BCUT2D eigenvalue weighted by Crippen LogP contribution is -2.34. The van der Waals surface area contributed by atoms with Crippen molar-refractivity contribution in [1.82, 2.24) is 15.1 Å². The molecule has 94 valence electrons. The van der Waals surface area contributed by atoms with Crippen molar-refractivity contribution in [3.05, 3.63) is 5.89 Å². The summed E-state index contributed by atoms with van der Waals surface area (Å²) < 4.78 is 5.22. The number of hydrogen-bond acceptors (Lipinski definition) is 6. The van der Waals surface area contributed by atoms with Crippen LogP contribution in [-0.4, -0.2) is 39.3 Å². The van der Waals surface area contributed by atoms with Gasteiger partial charge < -0.3 is 15.1 Å². The van der Waals surface area contributed by atoms with Gasteiger partial charge in [0.1, 0.15) is 0 Å². The average molecular weight is 256 g/mol. The number of hydrogen-bond donors (Lipinski definition) is 1. The van der Waals surface area contributed by atoms with Gasteiger partial charge in [0.05, 0.1) is 12.3 Å². The van der Waals surface area contributed by atoms with Crippen LogP contribution in [0.2, 0.25) is 0 Å². The molecule has 2 N–H and O–H groups in total. The van der Waals surface area contributed by atoms with Gasteiger partial charge in [-0.25, -0.2) is 0 Å². The highest BCUT2D eigenvalue weighted by molar-refractivity contribution is 7.99. The van der Waals surface area contributed by atoms with Gasteiger partial charge in [0.15, 0.2) is 0 Å². The largest absolute Gasteiger partial charge is 0.415 e. The highest BCUT2D eigenvalue weighted by Gasteiger charge is 2.31. The second-order valence-corrected chi connectivity index (χ2v) is 4.79. The Kier molecular flexibility index (Phi) is 4.01. The van der Waals surface area contributed by atoms with Crippen LogP contribution < -0.4 is 5.73 Å². The SMILES string of the molecule is CCN(C(=O)CSc1nnc(CN)o1)C1CC1. The summed E-state index contributed by atoms with van der Waals surface area (Å²) in [5.74, 6) is 0.873. The van der Waals surface area contributed by atoms with E-state index in [-0.39, 0.29) is 12.5 Å². The summed E-state index contributed by atoms with van der Waals surface area (Å²) in [7, 11) is 0. The van der Waals surface area contributed by atoms with Gasteiger partial charge in [0.25, 0.3) is 5.22 Å². The predicted molar refractivity (Wildman–Crippen MR) is 63.3 cm³/mol. The van der Waals surface area contributed by atoms with Crippen LogP contribution in [0.15, 0.2) is 9.64 Å². The average Bonchev–Trinajstić information content (AvgIpc) is 3.06. The first kappa shape index (κ1) is 12.4. The van der Waals surface area contributed by atoms with Crippen molar-refractivity contribution < 1.29 is 9.21 Å². The van der Waals surface area contributed by atoms with Crippen LogP contribution in [0.5, 0.6) is 0 Å². The lowest BCUT2D eigenvalue weighted by molar-refractivity contribution is -0.128. The molecule has 7 heteroatoms. The van der Waals surface area contributed by atoms with Gasteiger partial charge in [-0.1, -0.05) is 11.8 Å². The lowest BCUT2D eigenvalue weighted by Gasteiger charge is -2.19. The van der Waals surface area contributed by atoms with Crippen molar-refractivity contribution in [2.45, 2.75) is 37.6 Å². The van der Waals surface area contributed by atoms with E-state index in [0.29, 0.717) is 22.9 Å². The van der Waals surface area contributed by atoms with Gasteiger partial charge in [0, 0.05) is 12.6 Å². The minimum Gasteiger partial charge on any atom is -0.415 e. The lowest BCUT2D eigenvalue weighted by atomic mass is 10.4. The number of carbonyl (C=O) groups is 1. The smallest absolute Gasteiger partial charge is 0.277 e. The molecule has 0 aromatic carbocycles. The molecule has 1 aromatic heterocycles. The summed E-state index contributed by atoms with van der Waals surface area (Å²) in [4.78, 5) is 13.8. The normalized spacial score (nSPS) is 14.9. The zero-order valence-electron chi connectivity index (χ0n) is 9.76. The Balaban J connectivity index is 1.82. The van der Waals surface area contributed by atoms with Crippen molar-refractivity contribution in [3.8, 4) is 0 Å². The number of carbonyl (C=O) groups excluding carboxylic acids is 1. The molecule has 0 radical (unpaired) electrons. The monoisotopic (exact) mass is 256 g/mol. The highest BCUT2D eigenvalue weighted by Crippen LogP contribution is 2.27. The summed E-state index contributed by atoms with van der Waals surface area (Å²) in [5, 5.41) is 7.95. The van der Waals surface area contributed by atoms with Gasteiger partial charge in [-0.05, 0) is 19.8 Å². The zero-order chi connectivity index (χ0) is 12.3. The van der Waals surface area contributed by atoms with Crippen molar-refractivity contribution in [1.29, 1.82) is 0 Å². The van der Waals surface area contributed by atoms with Crippen molar-refractivity contribution in [2.24, 2.45) is 5.73 Å². The minimum atomic E-state index is 0.132. The minimum absolute atomic E-state index is 0.132. The number of aromatic nitrogens is 2. The molecular formula is C10H16N4O2S. The maximum absolute atomic E-state index is 11.9. The van der Waals surface area contributed by atoms with Gasteiger partial charge in [-0.3, -0.25) is 4.79 Å². The number of thioether (sulfide) groups is 1. The highest BCUT2D eigenvalue weighted by atomic mass is 32.2. The zero-order valence-corrected chi connectivity index (χ0v) is 10.6. The maximum Gasteiger partial charge on any atom is 0.277 e. The molecular weight excluding hydrogens is 240 g/mol. The van der Waals surface area contributed by atoms with Crippen molar-refractivity contribution in [2.75, 3.05) is 12.3 Å². The molecule has 1 aliphatic rings. The molecule has 1 amide bonds. The van der Waals surface area contributed by atoms with Gasteiger partial charge in [-0.2, -0.15) is 0 Å². The van der Waals surface area contributed by atoms with Crippen LogP contribution in [0.3, 0.4) is 0 Å². The quantitative estimate of drug-likeness (QED) is 0.751. The van der Waals surface area contributed by atoms with Crippen LogP contribution in [0.1, 0.15) is 25.7 Å². The Morgan fingerprint density at radius 1 is 1.59 bits per heavy atom. The van der Waals surface area contributed by atoms with E-state index in [9.17, 15) is 4.79 Å². The topological polar surface area (TPSA) is 85.2 Å². The number of amides is 1. The number of nitrogens with two attached hydrogens (primary N) is 1. The van der Waals surface area contributed by atoms with Crippen LogP contribution >= 0.6 is 11.8 Å². The van der Waals surface area contributed by atoms with Crippen LogP contribution in [0, 0.1) is 0 Å². The van der Waals surface area contributed by atoms with Crippen molar-refractivity contribution in [3.63, 3.8) is 0 Å². The first-order valence-electron chi connectivity index (χ1n) is 5.69. The first-order valence-corrected chi connectivity index (χ1v) is 6.67. The van der Waals surface area contributed by atoms with Gasteiger partial charge in [-0.15, -0.1) is 10.2 Å². The summed E-state index contributed by atoms with van der Waals surface area (Å²) in [6, 6.07) is 0.454. The standard InChI is InChI=1S/C10H16N4O2S/c1-2-14(7-3-4-7)9(15)6-17-10-13-12-8(5-11)16-10/h7H,2-6,11H2,1H3. The molecule has 0 saturated heterocycles. The van der Waals surface area contributed by atoms with E-state index in [1.165, 1.54) is 11.8 Å². The fraction of sp³-hybridized carbons (Fsp3) is 0.700. The van der Waals surface area contributed by atoms with E-state index in [1.54, 1.807) is 0 Å². The van der Waals surface area contributed by atoms with E-state index >= 15 is 0 Å². The maximum atomic E-state index is 11.9. The second-order valence-electron chi connectivity index (χ2n) is 3.87. The summed E-state index contributed by atoms with van der Waals surface area (Å²) in [6.07, 6.45) is 2.25. The van der Waals surface area contributed by atoms with Crippen LogP contribution in [0.25, 0.3) is 0 Å². The molecule has 1 heterocycles. The first-order chi connectivity index (χ1) is 8.24. The summed E-state index contributed by atoms with van der Waals surface area (Å²) in [5.41, 5.74) is 5.36. The molecule has 1 aromatic rings. The van der Waals surface area contributed by atoms with Crippen LogP contribution in [0.4, 0.5) is 0 Å². The second kappa shape index (κ2) is 5.50. The molecule has 2 rings (SSSR count). The van der Waals surface area contributed by atoms with Gasteiger partial charge in [0.2, 0.25) is 11.8 Å². The molecule has 1 aliphatic carbocycles. The third-order valence-electron chi connectivity index (χ3n) is 2.59. The predicted octanol–water partition coefficient (Wildman–Crippen LogP) is 0.631. The Bertz CT molecular complexity index is 391. The molecule has 1 fully saturated rings. The van der Waals surface area contributed by atoms with E-state index in [1.807, 2.05) is 11.8 Å². The Morgan fingerprint density at radius 3 is 2.88 bits per heavy atom. The molecule has 6 nitrogen and oxygen atoms in total.